The smallest absolute Gasteiger partial charge is 0.276 e. The highest BCUT2D eigenvalue weighted by Gasteiger charge is 2.18. The van der Waals surface area contributed by atoms with Crippen LogP contribution in [0.15, 0.2) is 60.8 Å². The van der Waals surface area contributed by atoms with Crippen LogP contribution in [-0.4, -0.2) is 33.7 Å². The molecule has 2 heterocycles. The zero-order chi connectivity index (χ0) is 19.5. The van der Waals surface area contributed by atoms with Crippen molar-refractivity contribution in [2.75, 3.05) is 23.3 Å². The number of para-hydroxylation sites is 2. The lowest BCUT2D eigenvalue weighted by molar-refractivity contribution is -0.384. The molecule has 8 heteroatoms. The molecule has 2 aromatic carbocycles. The third-order valence-electron chi connectivity index (χ3n) is 4.73. The predicted octanol–water partition coefficient (Wildman–Crippen LogP) is 3.63. The van der Waals surface area contributed by atoms with E-state index >= 15 is 0 Å². The molecule has 0 spiro atoms. The molecule has 3 aromatic rings. The molecule has 0 atom stereocenters. The molecule has 4 rings (SSSR count). The minimum Gasteiger partial charge on any atom is -0.370 e. The number of anilines is 2. The number of nitro benzene ring substituents is 1. The highest BCUT2D eigenvalue weighted by atomic mass is 16.6. The maximum Gasteiger partial charge on any atom is 0.276 e. The molecule has 0 bridgehead atoms. The molecule has 28 heavy (non-hydrogen) atoms. The molecule has 0 radical (unpaired) electrons. The van der Waals surface area contributed by atoms with Crippen molar-refractivity contribution in [2.45, 2.75) is 12.8 Å². The zero-order valence-electron chi connectivity index (χ0n) is 15.1. The van der Waals surface area contributed by atoms with Crippen LogP contribution >= 0.6 is 0 Å². The topological polar surface area (TPSA) is 93.3 Å². The maximum absolute atomic E-state index is 12.7. The molecule has 1 N–H and O–H groups in total. The Morgan fingerprint density at radius 2 is 1.86 bits per heavy atom. The quantitative estimate of drug-likeness (QED) is 0.541. The van der Waals surface area contributed by atoms with Gasteiger partial charge in [0.1, 0.15) is 0 Å². The van der Waals surface area contributed by atoms with Gasteiger partial charge in [-0.15, -0.1) is 0 Å². The van der Waals surface area contributed by atoms with Gasteiger partial charge < -0.3 is 10.2 Å². The number of nitrogens with zero attached hydrogens (tertiary/aromatic N) is 4. The highest BCUT2D eigenvalue weighted by Crippen LogP contribution is 2.29. The van der Waals surface area contributed by atoms with E-state index in [-0.39, 0.29) is 17.3 Å². The SMILES string of the molecule is O=C(Nc1ccccc1N1CCCC1)c1ccn(-c2cccc([N+](=O)[O-])c2)n1. The van der Waals surface area contributed by atoms with Crippen molar-refractivity contribution >= 4 is 23.0 Å². The Balaban J connectivity index is 1.54. The van der Waals surface area contributed by atoms with E-state index in [1.807, 2.05) is 24.3 Å². The van der Waals surface area contributed by atoms with Crippen molar-refractivity contribution < 1.29 is 9.72 Å². The van der Waals surface area contributed by atoms with Crippen molar-refractivity contribution in [3.05, 3.63) is 76.6 Å². The number of hydrogen-bond acceptors (Lipinski definition) is 5. The number of benzene rings is 2. The number of rotatable bonds is 5. The summed E-state index contributed by atoms with van der Waals surface area (Å²) in [6, 6.07) is 15.4. The number of aromatic nitrogens is 2. The maximum atomic E-state index is 12.7. The lowest BCUT2D eigenvalue weighted by Gasteiger charge is -2.21. The fraction of sp³-hybridized carbons (Fsp3) is 0.200. The van der Waals surface area contributed by atoms with E-state index in [2.05, 4.69) is 15.3 Å². The third-order valence-corrected chi connectivity index (χ3v) is 4.73. The molecule has 1 fully saturated rings. The zero-order valence-corrected chi connectivity index (χ0v) is 15.1. The van der Waals surface area contributed by atoms with Crippen molar-refractivity contribution in [1.29, 1.82) is 0 Å². The van der Waals surface area contributed by atoms with Gasteiger partial charge in [-0.2, -0.15) is 5.10 Å². The van der Waals surface area contributed by atoms with Crippen LogP contribution in [0.2, 0.25) is 0 Å². The summed E-state index contributed by atoms with van der Waals surface area (Å²) in [7, 11) is 0. The van der Waals surface area contributed by atoms with Crippen LogP contribution in [0.5, 0.6) is 0 Å². The van der Waals surface area contributed by atoms with E-state index in [1.165, 1.54) is 16.8 Å². The molecule has 1 aromatic heterocycles. The van der Waals surface area contributed by atoms with Gasteiger partial charge in [0.05, 0.1) is 22.0 Å². The van der Waals surface area contributed by atoms with E-state index < -0.39 is 4.92 Å². The number of nitro groups is 1. The Hall–Kier alpha value is -3.68. The first-order valence-electron chi connectivity index (χ1n) is 9.08. The molecular formula is C20H19N5O3. The largest absolute Gasteiger partial charge is 0.370 e. The van der Waals surface area contributed by atoms with Gasteiger partial charge >= 0.3 is 0 Å². The average molecular weight is 377 g/mol. The molecule has 1 saturated heterocycles. The van der Waals surface area contributed by atoms with Crippen LogP contribution in [0, 0.1) is 10.1 Å². The molecule has 1 aliphatic rings. The monoisotopic (exact) mass is 377 g/mol. The van der Waals surface area contributed by atoms with Crippen LogP contribution in [0.1, 0.15) is 23.3 Å². The Kier molecular flexibility index (Phi) is 4.76. The second-order valence-electron chi connectivity index (χ2n) is 6.59. The number of hydrogen-bond donors (Lipinski definition) is 1. The molecule has 0 unspecified atom stereocenters. The summed E-state index contributed by atoms with van der Waals surface area (Å²) in [5.74, 6) is -0.323. The summed E-state index contributed by atoms with van der Waals surface area (Å²) in [5.41, 5.74) is 2.48. The molecule has 1 aliphatic heterocycles. The van der Waals surface area contributed by atoms with Gasteiger partial charge in [0.15, 0.2) is 5.69 Å². The molecule has 0 saturated carbocycles. The van der Waals surface area contributed by atoms with Crippen LogP contribution < -0.4 is 10.2 Å². The van der Waals surface area contributed by atoms with Crippen LogP contribution in [0.4, 0.5) is 17.1 Å². The van der Waals surface area contributed by atoms with Crippen molar-refractivity contribution in [1.82, 2.24) is 9.78 Å². The molecular weight excluding hydrogens is 358 g/mol. The van der Waals surface area contributed by atoms with E-state index in [0.29, 0.717) is 5.69 Å². The summed E-state index contributed by atoms with van der Waals surface area (Å²) in [4.78, 5) is 25.4. The summed E-state index contributed by atoms with van der Waals surface area (Å²) in [6.45, 7) is 1.96. The summed E-state index contributed by atoms with van der Waals surface area (Å²) in [5, 5.41) is 18.2. The van der Waals surface area contributed by atoms with Gasteiger partial charge in [-0.25, -0.2) is 4.68 Å². The van der Waals surface area contributed by atoms with E-state index in [1.54, 1.807) is 24.4 Å². The van der Waals surface area contributed by atoms with Gasteiger partial charge in [0, 0.05) is 31.4 Å². The van der Waals surface area contributed by atoms with E-state index in [4.69, 9.17) is 0 Å². The summed E-state index contributed by atoms with van der Waals surface area (Å²) in [6.07, 6.45) is 3.91. The molecule has 8 nitrogen and oxygen atoms in total. The van der Waals surface area contributed by atoms with Crippen molar-refractivity contribution in [2.24, 2.45) is 0 Å². The van der Waals surface area contributed by atoms with E-state index in [0.717, 1.165) is 37.3 Å². The lowest BCUT2D eigenvalue weighted by Crippen LogP contribution is -2.21. The van der Waals surface area contributed by atoms with Crippen molar-refractivity contribution in [3.63, 3.8) is 0 Å². The number of non-ortho nitro benzene ring substituents is 1. The van der Waals surface area contributed by atoms with Gasteiger partial charge in [0.2, 0.25) is 0 Å². The second-order valence-corrected chi connectivity index (χ2v) is 6.59. The standard InChI is InChI=1S/C20H19N5O3/c26-20(21-17-8-1-2-9-19(17)23-11-3-4-12-23)18-10-13-24(22-18)15-6-5-7-16(14-15)25(27)28/h1-2,5-10,13-14H,3-4,11-12H2,(H,21,26). The van der Waals surface area contributed by atoms with Gasteiger partial charge in [-0.1, -0.05) is 18.2 Å². The first-order chi connectivity index (χ1) is 13.6. The average Bonchev–Trinajstić information content (AvgIpc) is 3.41. The fourth-order valence-corrected chi connectivity index (χ4v) is 3.34. The lowest BCUT2D eigenvalue weighted by atomic mass is 10.2. The van der Waals surface area contributed by atoms with Crippen LogP contribution in [0.25, 0.3) is 5.69 Å². The summed E-state index contributed by atoms with van der Waals surface area (Å²) >= 11 is 0. The molecule has 1 amide bonds. The minimum atomic E-state index is -0.462. The fourth-order valence-electron chi connectivity index (χ4n) is 3.34. The first-order valence-corrected chi connectivity index (χ1v) is 9.08. The van der Waals surface area contributed by atoms with Crippen molar-refractivity contribution in [3.8, 4) is 5.69 Å². The number of amides is 1. The van der Waals surface area contributed by atoms with Crippen LogP contribution in [0.3, 0.4) is 0 Å². The predicted molar refractivity (Wildman–Crippen MR) is 106 cm³/mol. The second kappa shape index (κ2) is 7.51. The van der Waals surface area contributed by atoms with E-state index in [9.17, 15) is 14.9 Å². The van der Waals surface area contributed by atoms with Gasteiger partial charge in [-0.3, -0.25) is 14.9 Å². The van der Waals surface area contributed by atoms with Gasteiger partial charge in [-0.05, 0) is 37.1 Å². The number of carbonyl (C=O) groups is 1. The normalized spacial score (nSPS) is 13.5. The number of nitrogens with one attached hydrogen (secondary N) is 1. The van der Waals surface area contributed by atoms with Crippen LogP contribution in [-0.2, 0) is 0 Å². The molecule has 142 valence electrons. The first kappa shape index (κ1) is 17.7. The Morgan fingerprint density at radius 1 is 1.07 bits per heavy atom. The summed E-state index contributed by atoms with van der Waals surface area (Å²) < 4.78 is 1.45. The molecule has 0 aliphatic carbocycles. The highest BCUT2D eigenvalue weighted by molar-refractivity contribution is 6.04. The Bertz CT molecular complexity index is 1020. The minimum absolute atomic E-state index is 0.0291. The van der Waals surface area contributed by atoms with Gasteiger partial charge in [0.25, 0.3) is 11.6 Å². The number of carbonyl (C=O) groups excluding carboxylic acids is 1. The Labute approximate surface area is 161 Å². The Morgan fingerprint density at radius 3 is 2.64 bits per heavy atom. The third kappa shape index (κ3) is 3.57.